The van der Waals surface area contributed by atoms with Gasteiger partial charge in [0.25, 0.3) is 10.0 Å². The molecule has 2 fully saturated rings. The summed E-state index contributed by atoms with van der Waals surface area (Å²) in [5.74, 6) is -1.33. The SMILES string of the molecule is O=C(O)c1ccc(S(=O)(=O)N2CCC(C(=O)NCC3CCC3)CC2)o1. The van der Waals surface area contributed by atoms with E-state index in [2.05, 4.69) is 5.32 Å². The molecule has 1 aromatic heterocycles. The van der Waals surface area contributed by atoms with E-state index >= 15 is 0 Å². The standard InChI is InChI=1S/C16H22N2O6S/c19-15(17-10-11-2-1-3-11)12-6-8-18(9-7-12)25(22,23)14-5-4-13(24-14)16(20)21/h4-5,11-12H,1-3,6-10H2,(H,17,19)(H,20,21). The smallest absolute Gasteiger partial charge is 0.371 e. The van der Waals surface area contributed by atoms with Crippen LogP contribution in [0.2, 0.25) is 0 Å². The van der Waals surface area contributed by atoms with Crippen molar-refractivity contribution in [2.75, 3.05) is 19.6 Å². The molecule has 0 atom stereocenters. The first-order valence-corrected chi connectivity index (χ1v) is 9.93. The van der Waals surface area contributed by atoms with Gasteiger partial charge >= 0.3 is 5.97 Å². The number of hydrogen-bond donors (Lipinski definition) is 2. The fourth-order valence-corrected chi connectivity index (χ4v) is 4.53. The van der Waals surface area contributed by atoms with Crippen molar-refractivity contribution in [3.05, 3.63) is 17.9 Å². The number of carboxylic acids is 1. The zero-order valence-electron chi connectivity index (χ0n) is 13.8. The molecule has 0 aromatic carbocycles. The lowest BCUT2D eigenvalue weighted by Gasteiger charge is -2.31. The van der Waals surface area contributed by atoms with E-state index in [4.69, 9.17) is 9.52 Å². The Hall–Kier alpha value is -1.87. The van der Waals surface area contributed by atoms with Crippen LogP contribution >= 0.6 is 0 Å². The van der Waals surface area contributed by atoms with Crippen LogP contribution < -0.4 is 5.32 Å². The maximum Gasteiger partial charge on any atom is 0.371 e. The number of furan rings is 1. The molecule has 2 aliphatic rings. The monoisotopic (exact) mass is 370 g/mol. The minimum Gasteiger partial charge on any atom is -0.475 e. The van der Waals surface area contributed by atoms with Crippen LogP contribution in [0.5, 0.6) is 0 Å². The molecule has 0 unspecified atom stereocenters. The van der Waals surface area contributed by atoms with Crippen LogP contribution in [0.25, 0.3) is 0 Å². The fraction of sp³-hybridized carbons (Fsp3) is 0.625. The first kappa shape index (κ1) is 17.9. The van der Waals surface area contributed by atoms with Crippen molar-refractivity contribution >= 4 is 21.9 Å². The summed E-state index contributed by atoms with van der Waals surface area (Å²) in [5, 5.41) is 11.4. The predicted molar refractivity (Wildman–Crippen MR) is 87.5 cm³/mol. The van der Waals surface area contributed by atoms with Crippen molar-refractivity contribution < 1.29 is 27.5 Å². The second kappa shape index (κ2) is 7.17. The molecule has 1 saturated carbocycles. The molecule has 2 N–H and O–H groups in total. The van der Waals surface area contributed by atoms with Gasteiger partial charge in [-0.1, -0.05) is 6.42 Å². The summed E-state index contributed by atoms with van der Waals surface area (Å²) in [6.45, 7) is 1.14. The minimum atomic E-state index is -3.87. The number of nitrogens with one attached hydrogen (secondary N) is 1. The van der Waals surface area contributed by atoms with E-state index < -0.39 is 21.8 Å². The van der Waals surface area contributed by atoms with E-state index in [-0.39, 0.29) is 30.0 Å². The lowest BCUT2D eigenvalue weighted by Crippen LogP contribution is -2.44. The van der Waals surface area contributed by atoms with Gasteiger partial charge in [0.2, 0.25) is 16.8 Å². The third-order valence-corrected chi connectivity index (χ3v) is 6.77. The highest BCUT2D eigenvalue weighted by atomic mass is 32.2. The lowest BCUT2D eigenvalue weighted by molar-refractivity contribution is -0.126. The Bertz CT molecular complexity index is 744. The Kier molecular flexibility index (Phi) is 5.14. The van der Waals surface area contributed by atoms with E-state index in [1.807, 2.05) is 0 Å². The van der Waals surface area contributed by atoms with Crippen molar-refractivity contribution in [2.24, 2.45) is 11.8 Å². The molecule has 1 amide bonds. The van der Waals surface area contributed by atoms with E-state index in [1.54, 1.807) is 0 Å². The van der Waals surface area contributed by atoms with Gasteiger partial charge in [0.15, 0.2) is 0 Å². The van der Waals surface area contributed by atoms with Crippen LogP contribution in [0.3, 0.4) is 0 Å². The van der Waals surface area contributed by atoms with Gasteiger partial charge in [-0.15, -0.1) is 0 Å². The van der Waals surface area contributed by atoms with Crippen LogP contribution in [0.4, 0.5) is 0 Å². The summed E-state index contributed by atoms with van der Waals surface area (Å²) in [4.78, 5) is 23.0. The molecule has 1 saturated heterocycles. The zero-order valence-corrected chi connectivity index (χ0v) is 14.6. The Morgan fingerprint density at radius 1 is 1.20 bits per heavy atom. The predicted octanol–water partition coefficient (Wildman–Crippen LogP) is 1.29. The van der Waals surface area contributed by atoms with E-state index in [9.17, 15) is 18.0 Å². The molecule has 1 aliphatic heterocycles. The second-order valence-electron chi connectivity index (χ2n) is 6.64. The molecule has 2 heterocycles. The summed E-state index contributed by atoms with van der Waals surface area (Å²) in [6.07, 6.45) is 4.45. The molecule has 8 nitrogen and oxygen atoms in total. The number of amides is 1. The average molecular weight is 370 g/mol. The third kappa shape index (κ3) is 3.87. The molecule has 138 valence electrons. The Balaban J connectivity index is 1.55. The maximum absolute atomic E-state index is 12.5. The third-order valence-electron chi connectivity index (χ3n) is 5.00. The highest BCUT2D eigenvalue weighted by molar-refractivity contribution is 7.89. The van der Waals surface area contributed by atoms with Crippen molar-refractivity contribution in [1.29, 1.82) is 0 Å². The normalized spacial score (nSPS) is 20.2. The number of carboxylic acid groups (broad SMARTS) is 1. The largest absolute Gasteiger partial charge is 0.475 e. The van der Waals surface area contributed by atoms with Crippen LogP contribution in [0.15, 0.2) is 21.6 Å². The first-order valence-electron chi connectivity index (χ1n) is 8.49. The van der Waals surface area contributed by atoms with Crippen molar-refractivity contribution in [3.8, 4) is 0 Å². The number of aromatic carboxylic acids is 1. The van der Waals surface area contributed by atoms with Crippen LogP contribution in [0, 0.1) is 11.8 Å². The van der Waals surface area contributed by atoms with E-state index in [0.29, 0.717) is 25.3 Å². The number of piperidine rings is 1. The van der Waals surface area contributed by atoms with Crippen molar-refractivity contribution in [2.45, 2.75) is 37.2 Å². The molecule has 0 bridgehead atoms. The number of carbonyl (C=O) groups is 2. The van der Waals surface area contributed by atoms with Crippen LogP contribution in [0.1, 0.15) is 42.7 Å². The summed E-state index contributed by atoms with van der Waals surface area (Å²) in [7, 11) is -3.87. The molecule has 25 heavy (non-hydrogen) atoms. The van der Waals surface area contributed by atoms with Gasteiger partial charge in [-0.25, -0.2) is 13.2 Å². The molecular formula is C16H22N2O6S. The average Bonchev–Trinajstić information content (AvgIpc) is 3.04. The number of sulfonamides is 1. The van der Waals surface area contributed by atoms with E-state index in [1.165, 1.54) is 23.6 Å². The van der Waals surface area contributed by atoms with Gasteiger partial charge in [-0.2, -0.15) is 4.31 Å². The Morgan fingerprint density at radius 3 is 2.40 bits per heavy atom. The van der Waals surface area contributed by atoms with Crippen molar-refractivity contribution in [3.63, 3.8) is 0 Å². The molecule has 1 aromatic rings. The van der Waals surface area contributed by atoms with Crippen LogP contribution in [-0.4, -0.2) is 49.3 Å². The second-order valence-corrected chi connectivity index (χ2v) is 8.51. The molecule has 0 spiro atoms. The highest BCUT2D eigenvalue weighted by Crippen LogP contribution is 2.27. The number of hydrogen-bond acceptors (Lipinski definition) is 5. The molecule has 0 radical (unpaired) electrons. The number of rotatable bonds is 6. The zero-order chi connectivity index (χ0) is 18.0. The van der Waals surface area contributed by atoms with Gasteiger partial charge in [-0.3, -0.25) is 4.79 Å². The summed E-state index contributed by atoms with van der Waals surface area (Å²) < 4.78 is 31.2. The lowest BCUT2D eigenvalue weighted by atomic mass is 9.85. The summed E-state index contributed by atoms with van der Waals surface area (Å²) >= 11 is 0. The topological polar surface area (TPSA) is 117 Å². The van der Waals surface area contributed by atoms with Crippen LogP contribution in [-0.2, 0) is 14.8 Å². The quantitative estimate of drug-likeness (QED) is 0.779. The maximum atomic E-state index is 12.5. The molecular weight excluding hydrogens is 348 g/mol. The first-order chi connectivity index (χ1) is 11.9. The van der Waals surface area contributed by atoms with Gasteiger partial charge in [0.1, 0.15) is 0 Å². The Labute approximate surface area is 146 Å². The summed E-state index contributed by atoms with van der Waals surface area (Å²) in [6, 6.07) is 2.27. The highest BCUT2D eigenvalue weighted by Gasteiger charge is 2.34. The van der Waals surface area contributed by atoms with Gasteiger partial charge in [-0.05, 0) is 43.7 Å². The molecule has 1 aliphatic carbocycles. The molecule has 9 heteroatoms. The molecule has 3 rings (SSSR count). The van der Waals surface area contributed by atoms with Gasteiger partial charge in [0, 0.05) is 25.6 Å². The number of nitrogens with zero attached hydrogens (tertiary/aromatic N) is 1. The Morgan fingerprint density at radius 2 is 1.88 bits per heavy atom. The fourth-order valence-electron chi connectivity index (χ4n) is 3.15. The van der Waals surface area contributed by atoms with Crippen molar-refractivity contribution in [1.82, 2.24) is 9.62 Å². The van der Waals surface area contributed by atoms with E-state index in [0.717, 1.165) is 12.1 Å². The number of carbonyl (C=O) groups excluding carboxylic acids is 1. The minimum absolute atomic E-state index is 0.00453. The van der Waals surface area contributed by atoms with Gasteiger partial charge in [0.05, 0.1) is 0 Å². The van der Waals surface area contributed by atoms with Gasteiger partial charge < -0.3 is 14.8 Å². The summed E-state index contributed by atoms with van der Waals surface area (Å²) in [5.41, 5.74) is 0.